The molecule has 4 rings (SSSR count). The Morgan fingerprint density at radius 1 is 1.10 bits per heavy atom. The fraction of sp³-hybridized carbons (Fsp3) is 0.174. The summed E-state index contributed by atoms with van der Waals surface area (Å²) in [5.74, 6) is 0.00561. The molecule has 1 saturated heterocycles. The third-order valence-electron chi connectivity index (χ3n) is 5.08. The number of nitrogens with zero attached hydrogens (tertiary/aromatic N) is 3. The molecule has 2 aromatic carbocycles. The van der Waals surface area contributed by atoms with Crippen molar-refractivity contribution in [3.63, 3.8) is 0 Å². The maximum Gasteiger partial charge on any atom is 0.303 e. The number of carbonyl (C=O) groups excluding carboxylic acids is 1. The van der Waals surface area contributed by atoms with Gasteiger partial charge in [-0.05, 0) is 36.8 Å². The Morgan fingerprint density at radius 2 is 1.79 bits per heavy atom. The van der Waals surface area contributed by atoms with Crippen molar-refractivity contribution in [2.75, 3.05) is 6.54 Å². The van der Waals surface area contributed by atoms with Crippen LogP contribution in [-0.2, 0) is 11.3 Å². The highest BCUT2D eigenvalue weighted by Crippen LogP contribution is 2.21. The first-order valence-electron chi connectivity index (χ1n) is 9.53. The van der Waals surface area contributed by atoms with E-state index in [9.17, 15) is 4.79 Å². The van der Waals surface area contributed by atoms with Crippen LogP contribution in [0.25, 0.3) is 0 Å². The second-order valence-electron chi connectivity index (χ2n) is 7.11. The average Bonchev–Trinajstić information content (AvgIpc) is 3.04. The van der Waals surface area contributed by atoms with Crippen LogP contribution < -0.4 is 4.90 Å². The number of hydrazone groups is 1. The zero-order valence-electron chi connectivity index (χ0n) is 16.1. The zero-order valence-corrected chi connectivity index (χ0v) is 16.9. The summed E-state index contributed by atoms with van der Waals surface area (Å²) >= 11 is 6.00. The lowest BCUT2D eigenvalue weighted by molar-refractivity contribution is -0.936. The highest BCUT2D eigenvalue weighted by atomic mass is 35.5. The van der Waals surface area contributed by atoms with E-state index in [0.717, 1.165) is 28.3 Å². The molecule has 2 atom stereocenters. The lowest BCUT2D eigenvalue weighted by Crippen LogP contribution is -3.09. The molecule has 1 aliphatic heterocycles. The van der Waals surface area contributed by atoms with Crippen LogP contribution >= 0.6 is 11.6 Å². The minimum absolute atomic E-state index is 0.00561. The second kappa shape index (κ2) is 8.55. The summed E-state index contributed by atoms with van der Waals surface area (Å²) in [5.41, 5.74) is 3.92. The van der Waals surface area contributed by atoms with Crippen LogP contribution in [0.5, 0.6) is 0 Å². The molecule has 29 heavy (non-hydrogen) atoms. The summed E-state index contributed by atoms with van der Waals surface area (Å²) in [6.45, 7) is 3.04. The van der Waals surface area contributed by atoms with E-state index in [0.29, 0.717) is 11.6 Å². The van der Waals surface area contributed by atoms with E-state index in [2.05, 4.69) is 17.1 Å². The molecule has 0 radical (unpaired) electrons. The molecule has 1 N–H and O–H groups in total. The minimum Gasteiger partial charge on any atom is -0.298 e. The zero-order chi connectivity index (χ0) is 20.2. The Morgan fingerprint density at radius 3 is 2.48 bits per heavy atom. The quantitative estimate of drug-likeness (QED) is 0.663. The van der Waals surface area contributed by atoms with Crippen LogP contribution in [0, 0.1) is 0 Å². The summed E-state index contributed by atoms with van der Waals surface area (Å²) in [7, 11) is 0. The van der Waals surface area contributed by atoms with Gasteiger partial charge in [-0.3, -0.25) is 14.7 Å². The van der Waals surface area contributed by atoms with Crippen molar-refractivity contribution in [3.8, 4) is 0 Å². The largest absolute Gasteiger partial charge is 0.303 e. The molecule has 1 unspecified atom stereocenters. The van der Waals surface area contributed by atoms with Crippen LogP contribution in [0.2, 0.25) is 5.02 Å². The van der Waals surface area contributed by atoms with E-state index < -0.39 is 0 Å². The number of rotatable bonds is 5. The molecule has 0 aliphatic carbocycles. The molecular weight excluding hydrogens is 384 g/mol. The molecule has 0 spiro atoms. The summed E-state index contributed by atoms with van der Waals surface area (Å²) in [6.07, 6.45) is 3.31. The van der Waals surface area contributed by atoms with Crippen molar-refractivity contribution in [1.29, 1.82) is 0 Å². The summed E-state index contributed by atoms with van der Waals surface area (Å²) in [4.78, 5) is 18.2. The first kappa shape index (κ1) is 19.3. The van der Waals surface area contributed by atoms with E-state index in [1.807, 2.05) is 61.5 Å². The molecule has 5 nitrogen and oxygen atoms in total. The van der Waals surface area contributed by atoms with Gasteiger partial charge < -0.3 is 0 Å². The Balaban J connectivity index is 1.68. The van der Waals surface area contributed by atoms with Gasteiger partial charge >= 0.3 is 5.91 Å². The van der Waals surface area contributed by atoms with Gasteiger partial charge in [0.2, 0.25) is 6.17 Å². The molecule has 1 aliphatic rings. The number of aromatic nitrogens is 1. The number of hydrogen-bond acceptors (Lipinski definition) is 3. The standard InChI is InChI=1S/C23H21ClN4O/c1-17(19-7-9-21(24)10-8-19)26-28-22(29)16-27(15-18-5-3-2-4-6-18)23(28)20-11-13-25-14-12-20/h2-14,23H,15-16H2,1H3/p+1/b26-17+/t23-/m1/s1. The van der Waals surface area contributed by atoms with Gasteiger partial charge in [0.15, 0.2) is 6.54 Å². The molecule has 1 fully saturated rings. The van der Waals surface area contributed by atoms with Crippen LogP contribution in [0.1, 0.15) is 29.8 Å². The van der Waals surface area contributed by atoms with E-state index in [4.69, 9.17) is 16.7 Å². The van der Waals surface area contributed by atoms with Gasteiger partial charge in [-0.15, -0.1) is 0 Å². The fourth-order valence-corrected chi connectivity index (χ4v) is 3.78. The second-order valence-corrected chi connectivity index (χ2v) is 7.55. The average molecular weight is 406 g/mol. The number of amides is 1. The smallest absolute Gasteiger partial charge is 0.298 e. The van der Waals surface area contributed by atoms with Gasteiger partial charge in [0.05, 0.1) is 5.71 Å². The molecule has 2 heterocycles. The monoisotopic (exact) mass is 405 g/mol. The van der Waals surface area contributed by atoms with E-state index in [1.54, 1.807) is 17.4 Å². The van der Waals surface area contributed by atoms with Crippen LogP contribution in [0.4, 0.5) is 0 Å². The maximum atomic E-state index is 12.9. The predicted octanol–water partition coefficient (Wildman–Crippen LogP) is 3.09. The van der Waals surface area contributed by atoms with E-state index in [-0.39, 0.29) is 12.1 Å². The highest BCUT2D eigenvalue weighted by Gasteiger charge is 2.43. The van der Waals surface area contributed by atoms with Crippen molar-refractivity contribution >= 4 is 23.2 Å². The molecule has 0 saturated carbocycles. The molecular formula is C23H22ClN4O+. The summed E-state index contributed by atoms with van der Waals surface area (Å²) < 4.78 is 0. The predicted molar refractivity (Wildman–Crippen MR) is 113 cm³/mol. The van der Waals surface area contributed by atoms with Crippen LogP contribution in [-0.4, -0.2) is 28.2 Å². The minimum atomic E-state index is -0.201. The topological polar surface area (TPSA) is 50.0 Å². The first-order chi connectivity index (χ1) is 14.1. The maximum absolute atomic E-state index is 12.9. The van der Waals surface area contributed by atoms with Gasteiger partial charge in [0.25, 0.3) is 0 Å². The fourth-order valence-electron chi connectivity index (χ4n) is 3.65. The summed E-state index contributed by atoms with van der Waals surface area (Å²) in [6, 6.07) is 21.6. The van der Waals surface area contributed by atoms with Gasteiger partial charge in [0, 0.05) is 28.5 Å². The van der Waals surface area contributed by atoms with Crippen molar-refractivity contribution in [1.82, 2.24) is 9.99 Å². The van der Waals surface area contributed by atoms with Crippen molar-refractivity contribution < 1.29 is 9.69 Å². The number of benzene rings is 2. The van der Waals surface area contributed by atoms with Crippen molar-refractivity contribution in [2.24, 2.45) is 5.10 Å². The Kier molecular flexibility index (Phi) is 5.69. The number of carbonyl (C=O) groups is 1. The normalized spacial score (nSPS) is 19.6. The molecule has 146 valence electrons. The van der Waals surface area contributed by atoms with Gasteiger partial charge in [0.1, 0.15) is 6.54 Å². The number of halogens is 1. The Hall–Kier alpha value is -3.02. The molecule has 3 aromatic rings. The highest BCUT2D eigenvalue weighted by molar-refractivity contribution is 6.30. The first-order valence-corrected chi connectivity index (χ1v) is 9.91. The van der Waals surface area contributed by atoms with Gasteiger partial charge in [-0.1, -0.05) is 54.1 Å². The number of pyridine rings is 1. The van der Waals surface area contributed by atoms with E-state index in [1.165, 1.54) is 5.56 Å². The molecule has 1 aromatic heterocycles. The number of nitrogens with one attached hydrogen (secondary N) is 1. The lowest BCUT2D eigenvalue weighted by Gasteiger charge is -2.24. The molecule has 6 heteroatoms. The van der Waals surface area contributed by atoms with Gasteiger partial charge in [-0.2, -0.15) is 10.1 Å². The van der Waals surface area contributed by atoms with Crippen LogP contribution in [0.3, 0.4) is 0 Å². The SMILES string of the molecule is C/C(=N\N1C(=O)C[NH+](Cc2ccccc2)[C@H]1c1ccncc1)c1ccc(Cl)cc1. The summed E-state index contributed by atoms with van der Waals surface area (Å²) in [5, 5.41) is 7.02. The Labute approximate surface area is 175 Å². The van der Waals surface area contributed by atoms with Gasteiger partial charge in [-0.25, -0.2) is 0 Å². The lowest BCUT2D eigenvalue weighted by atomic mass is 10.1. The Bertz CT molecular complexity index is 1010. The molecule has 0 bridgehead atoms. The number of quaternary nitrogens is 1. The van der Waals surface area contributed by atoms with Crippen LogP contribution in [0.15, 0.2) is 84.2 Å². The number of hydrogen-bond donors (Lipinski definition) is 1. The molecule has 1 amide bonds. The van der Waals surface area contributed by atoms with Crippen molar-refractivity contribution in [2.45, 2.75) is 19.6 Å². The van der Waals surface area contributed by atoms with E-state index >= 15 is 0 Å². The third kappa shape index (κ3) is 4.36. The van der Waals surface area contributed by atoms with Crippen molar-refractivity contribution in [3.05, 3.63) is 101 Å². The third-order valence-corrected chi connectivity index (χ3v) is 5.33.